The van der Waals surface area contributed by atoms with E-state index in [1.165, 1.54) is 4.31 Å². The van der Waals surface area contributed by atoms with Crippen molar-refractivity contribution in [2.24, 2.45) is 5.73 Å². The van der Waals surface area contributed by atoms with Crippen molar-refractivity contribution in [3.63, 3.8) is 0 Å². The van der Waals surface area contributed by atoms with Gasteiger partial charge in [0.1, 0.15) is 4.90 Å². The lowest BCUT2D eigenvalue weighted by Crippen LogP contribution is -2.48. The summed E-state index contributed by atoms with van der Waals surface area (Å²) in [5.41, 5.74) is 5.96. The van der Waals surface area contributed by atoms with E-state index in [4.69, 9.17) is 10.5 Å². The molecule has 1 saturated heterocycles. The first kappa shape index (κ1) is 14.4. The summed E-state index contributed by atoms with van der Waals surface area (Å²) in [6.45, 7) is 4.54. The summed E-state index contributed by atoms with van der Waals surface area (Å²) in [5, 5.41) is 0. The third kappa shape index (κ3) is 2.94. The van der Waals surface area contributed by atoms with E-state index in [1.54, 1.807) is 18.3 Å². The second-order valence-electron chi connectivity index (χ2n) is 4.73. The van der Waals surface area contributed by atoms with Crippen LogP contribution in [0.5, 0.6) is 0 Å². The molecular weight excluding hydrogens is 266 g/mol. The molecule has 2 N–H and O–H groups in total. The molecule has 0 bridgehead atoms. The molecule has 7 heteroatoms. The Balaban J connectivity index is 2.36. The fourth-order valence-corrected chi connectivity index (χ4v) is 4.05. The molecular formula is C12H19N3O3S. The topological polar surface area (TPSA) is 85.5 Å². The molecule has 0 aromatic carbocycles. The molecule has 1 aliphatic rings. The Kier molecular flexibility index (Phi) is 4.19. The smallest absolute Gasteiger partial charge is 0.245 e. The molecule has 19 heavy (non-hydrogen) atoms. The van der Waals surface area contributed by atoms with Crippen molar-refractivity contribution >= 4 is 10.0 Å². The molecule has 2 unspecified atom stereocenters. The van der Waals surface area contributed by atoms with Gasteiger partial charge in [-0.1, -0.05) is 0 Å². The average molecular weight is 285 g/mol. The van der Waals surface area contributed by atoms with Crippen LogP contribution in [0, 0.1) is 0 Å². The highest BCUT2D eigenvalue weighted by Crippen LogP contribution is 2.22. The van der Waals surface area contributed by atoms with Crippen LogP contribution in [0.2, 0.25) is 0 Å². The van der Waals surface area contributed by atoms with E-state index in [0.717, 1.165) is 0 Å². The van der Waals surface area contributed by atoms with Crippen LogP contribution in [0.1, 0.15) is 19.5 Å². The van der Waals surface area contributed by atoms with Gasteiger partial charge in [0.25, 0.3) is 0 Å². The maximum atomic E-state index is 12.6. The van der Waals surface area contributed by atoms with Crippen molar-refractivity contribution in [2.75, 3.05) is 13.1 Å². The van der Waals surface area contributed by atoms with E-state index in [9.17, 15) is 8.42 Å². The predicted octanol–water partition coefficient (Wildman–Crippen LogP) is 0.338. The van der Waals surface area contributed by atoms with Gasteiger partial charge in [-0.2, -0.15) is 4.31 Å². The first-order valence-corrected chi connectivity index (χ1v) is 7.68. The van der Waals surface area contributed by atoms with Gasteiger partial charge in [-0.3, -0.25) is 4.98 Å². The van der Waals surface area contributed by atoms with E-state index in [0.29, 0.717) is 18.8 Å². The highest BCUT2D eigenvalue weighted by molar-refractivity contribution is 7.89. The van der Waals surface area contributed by atoms with Crippen molar-refractivity contribution in [1.29, 1.82) is 0 Å². The van der Waals surface area contributed by atoms with Gasteiger partial charge in [-0.15, -0.1) is 0 Å². The Hall–Kier alpha value is -1.02. The first-order chi connectivity index (χ1) is 8.95. The number of nitrogens with two attached hydrogens (primary N) is 1. The van der Waals surface area contributed by atoms with Crippen LogP contribution in [0.3, 0.4) is 0 Å². The SMILES string of the molecule is CC1CN(S(=O)(=O)c2cccnc2CN)CC(C)O1. The van der Waals surface area contributed by atoms with Gasteiger partial charge in [-0.25, -0.2) is 8.42 Å². The molecule has 106 valence electrons. The van der Waals surface area contributed by atoms with E-state index in [2.05, 4.69) is 4.98 Å². The minimum atomic E-state index is -3.56. The van der Waals surface area contributed by atoms with Gasteiger partial charge < -0.3 is 10.5 Å². The largest absolute Gasteiger partial charge is 0.373 e. The van der Waals surface area contributed by atoms with Crippen molar-refractivity contribution in [3.8, 4) is 0 Å². The lowest BCUT2D eigenvalue weighted by atomic mass is 10.3. The molecule has 0 spiro atoms. The van der Waals surface area contributed by atoms with Crippen molar-refractivity contribution in [3.05, 3.63) is 24.0 Å². The zero-order valence-corrected chi connectivity index (χ0v) is 11.9. The summed E-state index contributed by atoms with van der Waals surface area (Å²) in [6.07, 6.45) is 1.32. The Morgan fingerprint density at radius 2 is 2.05 bits per heavy atom. The highest BCUT2D eigenvalue weighted by Gasteiger charge is 2.33. The van der Waals surface area contributed by atoms with E-state index < -0.39 is 10.0 Å². The maximum absolute atomic E-state index is 12.6. The highest BCUT2D eigenvalue weighted by atomic mass is 32.2. The number of rotatable bonds is 3. The second kappa shape index (κ2) is 5.54. The molecule has 1 aromatic rings. The van der Waals surface area contributed by atoms with E-state index in [1.807, 2.05) is 13.8 Å². The summed E-state index contributed by atoms with van der Waals surface area (Å²) in [4.78, 5) is 4.23. The van der Waals surface area contributed by atoms with Crippen LogP contribution >= 0.6 is 0 Å². The molecule has 0 amide bonds. The number of nitrogens with zero attached hydrogens (tertiary/aromatic N) is 2. The Morgan fingerprint density at radius 3 is 2.63 bits per heavy atom. The molecule has 1 fully saturated rings. The van der Waals surface area contributed by atoms with Crippen LogP contribution in [0.4, 0.5) is 0 Å². The van der Waals surface area contributed by atoms with Crippen LogP contribution in [-0.4, -0.2) is 43.0 Å². The number of morpholine rings is 1. The van der Waals surface area contributed by atoms with Crippen molar-refractivity contribution in [1.82, 2.24) is 9.29 Å². The minimum Gasteiger partial charge on any atom is -0.373 e. The molecule has 0 aliphatic carbocycles. The Morgan fingerprint density at radius 1 is 1.42 bits per heavy atom. The number of sulfonamides is 1. The maximum Gasteiger partial charge on any atom is 0.245 e. The number of pyridine rings is 1. The lowest BCUT2D eigenvalue weighted by Gasteiger charge is -2.34. The Labute approximate surface area is 113 Å². The fraction of sp³-hybridized carbons (Fsp3) is 0.583. The van der Waals surface area contributed by atoms with E-state index >= 15 is 0 Å². The normalized spacial score (nSPS) is 25.4. The van der Waals surface area contributed by atoms with Gasteiger partial charge in [0.2, 0.25) is 10.0 Å². The molecule has 1 aromatic heterocycles. The van der Waals surface area contributed by atoms with Crippen LogP contribution in [0.25, 0.3) is 0 Å². The molecule has 6 nitrogen and oxygen atoms in total. The quantitative estimate of drug-likeness (QED) is 0.865. The van der Waals surface area contributed by atoms with Crippen molar-refractivity contribution in [2.45, 2.75) is 37.5 Å². The molecule has 2 heterocycles. The Bertz CT molecular complexity index is 537. The predicted molar refractivity (Wildman–Crippen MR) is 70.9 cm³/mol. The first-order valence-electron chi connectivity index (χ1n) is 6.24. The van der Waals surface area contributed by atoms with E-state index in [-0.39, 0.29) is 23.6 Å². The van der Waals surface area contributed by atoms with Crippen LogP contribution in [-0.2, 0) is 21.3 Å². The zero-order chi connectivity index (χ0) is 14.0. The minimum absolute atomic E-state index is 0.102. The number of aromatic nitrogens is 1. The van der Waals surface area contributed by atoms with Gasteiger partial charge in [0.15, 0.2) is 0 Å². The molecule has 0 saturated carbocycles. The second-order valence-corrected chi connectivity index (χ2v) is 6.64. The fourth-order valence-electron chi connectivity index (χ4n) is 2.28. The van der Waals surface area contributed by atoms with Crippen LogP contribution < -0.4 is 5.73 Å². The summed E-state index contributed by atoms with van der Waals surface area (Å²) >= 11 is 0. The lowest BCUT2D eigenvalue weighted by molar-refractivity contribution is -0.0441. The molecule has 1 aliphatic heterocycles. The standard InChI is InChI=1S/C12H19N3O3S/c1-9-7-15(8-10(2)18-9)19(16,17)12-4-3-5-14-11(12)6-13/h3-5,9-10H,6-8,13H2,1-2H3. The van der Waals surface area contributed by atoms with Gasteiger partial charge >= 0.3 is 0 Å². The van der Waals surface area contributed by atoms with Gasteiger partial charge in [-0.05, 0) is 26.0 Å². The van der Waals surface area contributed by atoms with Crippen molar-refractivity contribution < 1.29 is 13.2 Å². The summed E-state index contributed by atoms with van der Waals surface area (Å²) in [6, 6.07) is 3.16. The van der Waals surface area contributed by atoms with Crippen LogP contribution in [0.15, 0.2) is 23.2 Å². The number of ether oxygens (including phenoxy) is 1. The number of hydrogen-bond donors (Lipinski definition) is 1. The number of hydrogen-bond acceptors (Lipinski definition) is 5. The third-order valence-corrected chi connectivity index (χ3v) is 4.95. The van der Waals surface area contributed by atoms with Gasteiger partial charge in [0, 0.05) is 25.8 Å². The zero-order valence-electron chi connectivity index (χ0n) is 11.1. The van der Waals surface area contributed by atoms with Gasteiger partial charge in [0.05, 0.1) is 17.9 Å². The monoisotopic (exact) mass is 285 g/mol. The molecule has 2 rings (SSSR count). The molecule has 2 atom stereocenters. The summed E-state index contributed by atoms with van der Waals surface area (Å²) in [5.74, 6) is 0. The molecule has 0 radical (unpaired) electrons. The average Bonchev–Trinajstić information content (AvgIpc) is 2.37. The third-order valence-electron chi connectivity index (χ3n) is 3.05. The summed E-state index contributed by atoms with van der Waals surface area (Å²) in [7, 11) is -3.56. The summed E-state index contributed by atoms with van der Waals surface area (Å²) < 4.78 is 32.3.